The second-order valence-corrected chi connectivity index (χ2v) is 5.41. The van der Waals surface area contributed by atoms with E-state index < -0.39 is 0 Å². The second-order valence-electron chi connectivity index (χ2n) is 5.41. The van der Waals surface area contributed by atoms with Gasteiger partial charge in [0, 0.05) is 25.6 Å². The van der Waals surface area contributed by atoms with Crippen molar-refractivity contribution >= 4 is 23.2 Å². The number of amides is 2. The number of rotatable bonds is 5. The first-order valence-corrected chi connectivity index (χ1v) is 7.65. The minimum atomic E-state index is -0.207. The molecular weight excluding hydrogens is 302 g/mol. The second kappa shape index (κ2) is 7.93. The molecule has 5 nitrogen and oxygen atoms in total. The van der Waals surface area contributed by atoms with Gasteiger partial charge >= 0.3 is 0 Å². The number of anilines is 2. The van der Waals surface area contributed by atoms with Crippen LogP contribution in [0.1, 0.15) is 24.5 Å². The summed E-state index contributed by atoms with van der Waals surface area (Å²) in [7, 11) is 0. The summed E-state index contributed by atoms with van der Waals surface area (Å²) in [5.41, 5.74) is 2.67. The number of carbonyl (C=O) groups excluding carboxylic acids is 2. The minimum absolute atomic E-state index is 0.147. The number of nitriles is 1. The van der Waals surface area contributed by atoms with E-state index >= 15 is 0 Å². The highest BCUT2D eigenvalue weighted by molar-refractivity contribution is 5.95. The molecule has 0 atom stereocenters. The first-order valence-electron chi connectivity index (χ1n) is 7.65. The molecule has 2 aromatic rings. The van der Waals surface area contributed by atoms with E-state index in [1.54, 1.807) is 24.3 Å². The number of nitrogens with one attached hydrogen (secondary N) is 1. The zero-order chi connectivity index (χ0) is 17.5. The van der Waals surface area contributed by atoms with Gasteiger partial charge in [-0.3, -0.25) is 9.59 Å². The lowest BCUT2D eigenvalue weighted by Crippen LogP contribution is -2.32. The molecule has 0 spiro atoms. The third-order valence-corrected chi connectivity index (χ3v) is 3.68. The van der Waals surface area contributed by atoms with Crippen LogP contribution < -0.4 is 10.2 Å². The van der Waals surface area contributed by atoms with Crippen molar-refractivity contribution in [3.8, 4) is 6.07 Å². The molecular formula is C19H19N3O2. The summed E-state index contributed by atoms with van der Waals surface area (Å²) in [5.74, 6) is -0.383. The maximum absolute atomic E-state index is 12.2. The first kappa shape index (κ1) is 17.2. The first-order chi connectivity index (χ1) is 11.5. The number of benzene rings is 2. The van der Waals surface area contributed by atoms with Gasteiger partial charge < -0.3 is 10.2 Å². The summed E-state index contributed by atoms with van der Waals surface area (Å²) in [6, 6.07) is 16.4. The van der Waals surface area contributed by atoms with Crippen molar-refractivity contribution in [2.75, 3.05) is 16.8 Å². The number of carbonyl (C=O) groups is 2. The fraction of sp³-hybridized carbons (Fsp3) is 0.211. The highest BCUT2D eigenvalue weighted by Crippen LogP contribution is 2.20. The van der Waals surface area contributed by atoms with Crippen LogP contribution in [0.4, 0.5) is 11.4 Å². The van der Waals surface area contributed by atoms with Gasteiger partial charge in [-0.05, 0) is 30.7 Å². The average Bonchev–Trinajstić information content (AvgIpc) is 2.57. The van der Waals surface area contributed by atoms with Gasteiger partial charge in [-0.25, -0.2) is 0 Å². The van der Waals surface area contributed by atoms with E-state index in [0.29, 0.717) is 11.3 Å². The lowest BCUT2D eigenvalue weighted by atomic mass is 10.1. The van der Waals surface area contributed by atoms with Gasteiger partial charge in [0.25, 0.3) is 0 Å². The summed E-state index contributed by atoms with van der Waals surface area (Å²) >= 11 is 0. The van der Waals surface area contributed by atoms with E-state index in [0.717, 1.165) is 11.3 Å². The molecule has 2 rings (SSSR count). The van der Waals surface area contributed by atoms with Crippen LogP contribution in [0, 0.1) is 18.3 Å². The third kappa shape index (κ3) is 4.20. The van der Waals surface area contributed by atoms with E-state index in [4.69, 9.17) is 0 Å². The maximum Gasteiger partial charge on any atom is 0.226 e. The van der Waals surface area contributed by atoms with Gasteiger partial charge in [-0.15, -0.1) is 0 Å². The van der Waals surface area contributed by atoms with Gasteiger partial charge in [-0.1, -0.05) is 30.3 Å². The van der Waals surface area contributed by atoms with Gasteiger partial charge in [0.2, 0.25) is 11.8 Å². The van der Waals surface area contributed by atoms with Crippen LogP contribution in [-0.2, 0) is 9.59 Å². The zero-order valence-corrected chi connectivity index (χ0v) is 13.7. The van der Waals surface area contributed by atoms with Crippen molar-refractivity contribution in [1.29, 1.82) is 5.26 Å². The van der Waals surface area contributed by atoms with Gasteiger partial charge in [0.05, 0.1) is 11.3 Å². The standard InChI is InChI=1S/C19H19N3O2/c1-14-7-3-5-9-17(14)21-19(24)11-12-22(15(2)23)18-10-6-4-8-16(18)13-20/h3-10H,11-12H2,1-2H3,(H,21,24). The Morgan fingerprint density at radius 1 is 1.12 bits per heavy atom. The maximum atomic E-state index is 12.2. The van der Waals surface area contributed by atoms with Crippen molar-refractivity contribution in [1.82, 2.24) is 0 Å². The Balaban J connectivity index is 2.07. The van der Waals surface area contributed by atoms with Crippen LogP contribution in [0.2, 0.25) is 0 Å². The summed E-state index contributed by atoms with van der Waals surface area (Å²) in [4.78, 5) is 25.5. The number of hydrogen-bond acceptors (Lipinski definition) is 3. The third-order valence-electron chi connectivity index (χ3n) is 3.68. The van der Waals surface area contributed by atoms with Crippen molar-refractivity contribution in [3.63, 3.8) is 0 Å². The quantitative estimate of drug-likeness (QED) is 0.918. The highest BCUT2D eigenvalue weighted by atomic mass is 16.2. The predicted octanol–water partition coefficient (Wildman–Crippen LogP) is 3.25. The molecule has 0 aromatic heterocycles. The van der Waals surface area contributed by atoms with Gasteiger partial charge in [-0.2, -0.15) is 5.26 Å². The summed E-state index contributed by atoms with van der Waals surface area (Å²) in [6.07, 6.45) is 0.147. The van der Waals surface area contributed by atoms with E-state index in [-0.39, 0.29) is 24.8 Å². The molecule has 0 aliphatic rings. The molecule has 2 aromatic carbocycles. The molecule has 1 N–H and O–H groups in total. The fourth-order valence-corrected chi connectivity index (χ4v) is 2.39. The van der Waals surface area contributed by atoms with Crippen LogP contribution in [0.25, 0.3) is 0 Å². The molecule has 2 amide bonds. The van der Waals surface area contributed by atoms with Crippen LogP contribution in [0.3, 0.4) is 0 Å². The molecule has 122 valence electrons. The van der Waals surface area contributed by atoms with Crippen LogP contribution in [0.5, 0.6) is 0 Å². The normalized spacial score (nSPS) is 9.88. The Labute approximate surface area is 141 Å². The van der Waals surface area contributed by atoms with Crippen molar-refractivity contribution < 1.29 is 9.59 Å². The molecule has 0 aliphatic carbocycles. The molecule has 5 heteroatoms. The Morgan fingerprint density at radius 2 is 1.79 bits per heavy atom. The van der Waals surface area contributed by atoms with Crippen LogP contribution in [0.15, 0.2) is 48.5 Å². The monoisotopic (exact) mass is 321 g/mol. The summed E-state index contributed by atoms with van der Waals surface area (Å²) < 4.78 is 0. The number of para-hydroxylation sites is 2. The largest absolute Gasteiger partial charge is 0.326 e. The van der Waals surface area contributed by atoms with Gasteiger partial charge in [0.15, 0.2) is 0 Å². The van der Waals surface area contributed by atoms with Crippen LogP contribution >= 0.6 is 0 Å². The number of aryl methyl sites for hydroxylation is 1. The van der Waals surface area contributed by atoms with E-state index in [2.05, 4.69) is 11.4 Å². The fourth-order valence-electron chi connectivity index (χ4n) is 2.39. The Hall–Kier alpha value is -3.13. The van der Waals surface area contributed by atoms with Gasteiger partial charge in [0.1, 0.15) is 6.07 Å². The van der Waals surface area contributed by atoms with Crippen molar-refractivity contribution in [3.05, 3.63) is 59.7 Å². The summed E-state index contributed by atoms with van der Waals surface area (Å²) in [6.45, 7) is 3.56. The Kier molecular flexibility index (Phi) is 5.69. The van der Waals surface area contributed by atoms with Crippen LogP contribution in [-0.4, -0.2) is 18.4 Å². The topological polar surface area (TPSA) is 73.2 Å². The predicted molar refractivity (Wildman–Crippen MR) is 93.6 cm³/mol. The average molecular weight is 321 g/mol. The molecule has 0 heterocycles. The molecule has 24 heavy (non-hydrogen) atoms. The molecule has 0 aliphatic heterocycles. The SMILES string of the molecule is CC(=O)N(CCC(=O)Nc1ccccc1C)c1ccccc1C#N. The van der Waals surface area contributed by atoms with Crippen molar-refractivity contribution in [2.45, 2.75) is 20.3 Å². The Morgan fingerprint density at radius 3 is 2.46 bits per heavy atom. The molecule has 0 saturated carbocycles. The van der Waals surface area contributed by atoms with E-state index in [1.807, 2.05) is 31.2 Å². The molecule has 0 unspecified atom stereocenters. The minimum Gasteiger partial charge on any atom is -0.326 e. The molecule has 0 saturated heterocycles. The number of hydrogen-bond donors (Lipinski definition) is 1. The highest BCUT2D eigenvalue weighted by Gasteiger charge is 2.16. The lowest BCUT2D eigenvalue weighted by molar-refractivity contribution is -0.117. The number of nitrogens with zero attached hydrogens (tertiary/aromatic N) is 2. The zero-order valence-electron chi connectivity index (χ0n) is 13.7. The van der Waals surface area contributed by atoms with E-state index in [1.165, 1.54) is 11.8 Å². The molecule has 0 bridgehead atoms. The lowest BCUT2D eigenvalue weighted by Gasteiger charge is -2.22. The van der Waals surface area contributed by atoms with E-state index in [9.17, 15) is 14.9 Å². The Bertz CT molecular complexity index is 793. The smallest absolute Gasteiger partial charge is 0.226 e. The summed E-state index contributed by atoms with van der Waals surface area (Å²) in [5, 5.41) is 12.0. The molecule has 0 fully saturated rings. The molecule has 0 radical (unpaired) electrons. The van der Waals surface area contributed by atoms with Crippen molar-refractivity contribution in [2.24, 2.45) is 0 Å².